The van der Waals surface area contributed by atoms with E-state index in [1.165, 1.54) is 63.5 Å². The maximum Gasteiger partial charge on any atom is 0.150 e. The maximum absolute atomic E-state index is 4.82. The minimum atomic E-state index is -0.0908. The van der Waals surface area contributed by atoms with Crippen LogP contribution in [0.1, 0.15) is 97.8 Å². The number of aliphatic imine (C=N–C) groups is 2. The average Bonchev–Trinajstić information content (AvgIpc) is 2.90. The van der Waals surface area contributed by atoms with Crippen LogP contribution in [-0.4, -0.2) is 17.6 Å². The van der Waals surface area contributed by atoms with Crippen LogP contribution in [0.4, 0.5) is 0 Å². The van der Waals surface area contributed by atoms with Crippen molar-refractivity contribution in [3.05, 3.63) is 0 Å². The molecular formula is C18H34N2. The molecule has 0 aliphatic carbocycles. The van der Waals surface area contributed by atoms with E-state index in [-0.39, 0.29) is 5.66 Å². The van der Waals surface area contributed by atoms with Gasteiger partial charge in [-0.15, -0.1) is 0 Å². The first-order chi connectivity index (χ1) is 9.76. The van der Waals surface area contributed by atoms with Gasteiger partial charge in [0, 0.05) is 6.21 Å². The van der Waals surface area contributed by atoms with Crippen molar-refractivity contribution in [3.63, 3.8) is 0 Å². The molecule has 0 radical (unpaired) electrons. The lowest BCUT2D eigenvalue weighted by molar-refractivity contribution is 0.387. The first kappa shape index (κ1) is 17.4. The summed E-state index contributed by atoms with van der Waals surface area (Å²) in [6.45, 7) is 6.66. The molecule has 0 aromatic carbocycles. The standard InChI is InChI=1S/C18H34N2/c1-4-7-8-9-10-11-12-13-14-15-18(6-3)19-16-17(5-2)20-18/h16H,4-15H2,1-3H3. The molecule has 1 unspecified atom stereocenters. The number of rotatable bonds is 12. The Morgan fingerprint density at radius 3 is 1.95 bits per heavy atom. The highest BCUT2D eigenvalue weighted by atomic mass is 15.1. The molecule has 1 rings (SSSR count). The molecule has 0 saturated heterocycles. The predicted molar refractivity (Wildman–Crippen MR) is 91.1 cm³/mol. The van der Waals surface area contributed by atoms with E-state index < -0.39 is 0 Å². The van der Waals surface area contributed by atoms with Crippen molar-refractivity contribution in [2.45, 2.75) is 103 Å². The fraction of sp³-hybridized carbons (Fsp3) is 0.889. The second-order valence-electron chi connectivity index (χ2n) is 6.13. The molecule has 1 heterocycles. The Bertz CT molecular complexity index is 307. The van der Waals surface area contributed by atoms with Gasteiger partial charge in [0.15, 0.2) is 0 Å². The van der Waals surface area contributed by atoms with Gasteiger partial charge in [0.1, 0.15) is 5.66 Å². The van der Waals surface area contributed by atoms with Gasteiger partial charge in [0.05, 0.1) is 5.71 Å². The average molecular weight is 278 g/mol. The van der Waals surface area contributed by atoms with Crippen LogP contribution in [0.25, 0.3) is 0 Å². The van der Waals surface area contributed by atoms with Crippen LogP contribution in [0.3, 0.4) is 0 Å². The highest BCUT2D eigenvalue weighted by molar-refractivity contribution is 6.31. The molecule has 1 aliphatic heterocycles. The van der Waals surface area contributed by atoms with Crippen molar-refractivity contribution in [1.82, 2.24) is 0 Å². The Morgan fingerprint density at radius 2 is 1.45 bits per heavy atom. The molecule has 0 N–H and O–H groups in total. The van der Waals surface area contributed by atoms with Gasteiger partial charge in [0.25, 0.3) is 0 Å². The molecule has 0 aromatic heterocycles. The second-order valence-corrected chi connectivity index (χ2v) is 6.13. The molecule has 0 spiro atoms. The fourth-order valence-corrected chi connectivity index (χ4v) is 2.88. The maximum atomic E-state index is 4.82. The quantitative estimate of drug-likeness (QED) is 0.394. The Hall–Kier alpha value is -0.660. The lowest BCUT2D eigenvalue weighted by Gasteiger charge is -2.21. The third-order valence-corrected chi connectivity index (χ3v) is 4.41. The van der Waals surface area contributed by atoms with Crippen LogP contribution in [0.15, 0.2) is 9.98 Å². The zero-order valence-electron chi connectivity index (χ0n) is 14.0. The minimum Gasteiger partial charge on any atom is -0.262 e. The first-order valence-corrected chi connectivity index (χ1v) is 8.90. The van der Waals surface area contributed by atoms with Crippen LogP contribution >= 0.6 is 0 Å². The highest BCUT2D eigenvalue weighted by Gasteiger charge is 2.28. The first-order valence-electron chi connectivity index (χ1n) is 8.90. The van der Waals surface area contributed by atoms with Crippen molar-refractivity contribution < 1.29 is 0 Å². The molecular weight excluding hydrogens is 244 g/mol. The number of unbranched alkanes of at least 4 members (excludes halogenated alkanes) is 8. The Kier molecular flexibility index (Phi) is 8.80. The van der Waals surface area contributed by atoms with Crippen molar-refractivity contribution in [3.8, 4) is 0 Å². The van der Waals surface area contributed by atoms with Crippen molar-refractivity contribution >= 4 is 11.9 Å². The number of hydrogen-bond acceptors (Lipinski definition) is 2. The van der Waals surface area contributed by atoms with Gasteiger partial charge < -0.3 is 0 Å². The van der Waals surface area contributed by atoms with Gasteiger partial charge in [-0.25, -0.2) is 0 Å². The molecule has 0 amide bonds. The fourth-order valence-electron chi connectivity index (χ4n) is 2.88. The molecule has 1 atom stereocenters. The van der Waals surface area contributed by atoms with E-state index in [1.54, 1.807) is 0 Å². The summed E-state index contributed by atoms with van der Waals surface area (Å²) in [7, 11) is 0. The Balaban J connectivity index is 2.06. The molecule has 0 bridgehead atoms. The van der Waals surface area contributed by atoms with Gasteiger partial charge in [-0.3, -0.25) is 9.98 Å². The van der Waals surface area contributed by atoms with Gasteiger partial charge in [-0.2, -0.15) is 0 Å². The van der Waals surface area contributed by atoms with E-state index in [0.29, 0.717) is 0 Å². The molecule has 0 fully saturated rings. The Morgan fingerprint density at radius 1 is 0.850 bits per heavy atom. The molecule has 20 heavy (non-hydrogen) atoms. The number of hydrogen-bond donors (Lipinski definition) is 0. The summed E-state index contributed by atoms with van der Waals surface area (Å²) < 4.78 is 0. The number of nitrogens with zero attached hydrogens (tertiary/aromatic N) is 2. The highest BCUT2D eigenvalue weighted by Crippen LogP contribution is 2.29. The smallest absolute Gasteiger partial charge is 0.150 e. The summed E-state index contributed by atoms with van der Waals surface area (Å²) in [6, 6.07) is 0. The summed E-state index contributed by atoms with van der Waals surface area (Å²) in [5, 5.41) is 0. The van der Waals surface area contributed by atoms with E-state index >= 15 is 0 Å². The van der Waals surface area contributed by atoms with Gasteiger partial charge in [-0.05, 0) is 25.7 Å². The second kappa shape index (κ2) is 10.1. The van der Waals surface area contributed by atoms with Crippen molar-refractivity contribution in [1.29, 1.82) is 0 Å². The van der Waals surface area contributed by atoms with Crippen LogP contribution in [0.5, 0.6) is 0 Å². The van der Waals surface area contributed by atoms with E-state index in [9.17, 15) is 0 Å². The summed E-state index contributed by atoms with van der Waals surface area (Å²) in [4.78, 5) is 9.50. The summed E-state index contributed by atoms with van der Waals surface area (Å²) >= 11 is 0. The predicted octanol–water partition coefficient (Wildman–Crippen LogP) is 5.95. The van der Waals surface area contributed by atoms with Crippen LogP contribution in [0.2, 0.25) is 0 Å². The van der Waals surface area contributed by atoms with E-state index in [1.807, 2.05) is 6.21 Å². The Labute approximate surface area is 126 Å². The zero-order chi connectivity index (χ0) is 14.7. The largest absolute Gasteiger partial charge is 0.262 e. The third kappa shape index (κ3) is 6.19. The van der Waals surface area contributed by atoms with Crippen LogP contribution < -0.4 is 0 Å². The van der Waals surface area contributed by atoms with Gasteiger partial charge >= 0.3 is 0 Å². The lowest BCUT2D eigenvalue weighted by Crippen LogP contribution is -2.20. The summed E-state index contributed by atoms with van der Waals surface area (Å²) in [5.74, 6) is 0. The molecule has 0 aromatic rings. The SMILES string of the molecule is CCCCCCCCCCCC1(CC)N=CC(CC)=N1. The molecule has 2 heteroatoms. The van der Waals surface area contributed by atoms with Crippen molar-refractivity contribution in [2.24, 2.45) is 9.98 Å². The lowest BCUT2D eigenvalue weighted by atomic mass is 9.99. The normalized spacial score (nSPS) is 21.4. The topological polar surface area (TPSA) is 24.7 Å². The molecule has 2 nitrogen and oxygen atoms in total. The summed E-state index contributed by atoms with van der Waals surface area (Å²) in [6.07, 6.45) is 17.7. The minimum absolute atomic E-state index is 0.0908. The zero-order valence-corrected chi connectivity index (χ0v) is 14.0. The monoisotopic (exact) mass is 278 g/mol. The van der Waals surface area contributed by atoms with Crippen LogP contribution in [-0.2, 0) is 0 Å². The van der Waals surface area contributed by atoms with E-state index in [0.717, 1.165) is 19.3 Å². The molecule has 1 aliphatic rings. The van der Waals surface area contributed by atoms with E-state index in [4.69, 9.17) is 4.99 Å². The summed E-state index contributed by atoms with van der Waals surface area (Å²) in [5.41, 5.74) is 1.09. The van der Waals surface area contributed by atoms with Crippen molar-refractivity contribution in [2.75, 3.05) is 0 Å². The third-order valence-electron chi connectivity index (χ3n) is 4.41. The molecule has 116 valence electrons. The van der Waals surface area contributed by atoms with E-state index in [2.05, 4.69) is 25.8 Å². The van der Waals surface area contributed by atoms with Gasteiger partial charge in [-0.1, -0.05) is 72.1 Å². The van der Waals surface area contributed by atoms with Crippen LogP contribution in [0, 0.1) is 0 Å². The van der Waals surface area contributed by atoms with Gasteiger partial charge in [0.2, 0.25) is 0 Å². The molecule has 0 saturated carbocycles.